The number of ketones is 1. The molecule has 1 aliphatic rings. The zero-order chi connectivity index (χ0) is 34.2. The summed E-state index contributed by atoms with van der Waals surface area (Å²) < 4.78 is 5.43. The smallest absolute Gasteiger partial charge is 0.305 e. The highest BCUT2D eigenvalue weighted by atomic mass is 32.2. The van der Waals surface area contributed by atoms with E-state index >= 15 is 0 Å². The van der Waals surface area contributed by atoms with Crippen molar-refractivity contribution in [1.29, 1.82) is 0 Å². The maximum atomic E-state index is 12.1. The summed E-state index contributed by atoms with van der Waals surface area (Å²) in [5, 5.41) is 0. The third kappa shape index (κ3) is 25.1. The SMILES string of the molecule is CCCCCCCC1C(CCCCC)CCC(CCCCCCCCC(C)=O)C1CCCCCCCCC(=O)OCCSCCCC. The first-order valence-corrected chi connectivity index (χ1v) is 22.4. The summed E-state index contributed by atoms with van der Waals surface area (Å²) in [6.07, 6.45) is 39.3. The molecule has 1 aliphatic carbocycles. The first-order chi connectivity index (χ1) is 23.0. The van der Waals surface area contributed by atoms with Crippen LogP contribution in [0.3, 0.4) is 0 Å². The molecule has 0 radical (unpaired) electrons. The van der Waals surface area contributed by atoms with Gasteiger partial charge in [0.15, 0.2) is 0 Å². The Morgan fingerprint density at radius 2 is 0.936 bits per heavy atom. The first kappa shape index (κ1) is 44.5. The topological polar surface area (TPSA) is 43.4 Å². The van der Waals surface area contributed by atoms with Gasteiger partial charge < -0.3 is 9.53 Å². The lowest BCUT2D eigenvalue weighted by molar-refractivity contribution is -0.143. The van der Waals surface area contributed by atoms with Crippen molar-refractivity contribution in [3.63, 3.8) is 0 Å². The summed E-state index contributed by atoms with van der Waals surface area (Å²) in [6.45, 7) is 9.22. The molecule has 0 bridgehead atoms. The Kier molecular flexibility index (Phi) is 31.0. The predicted molar refractivity (Wildman–Crippen MR) is 208 cm³/mol. The van der Waals surface area contributed by atoms with E-state index in [1.165, 1.54) is 173 Å². The molecule has 0 spiro atoms. The molecular formula is C43H82O3S. The van der Waals surface area contributed by atoms with Gasteiger partial charge >= 0.3 is 5.97 Å². The Labute approximate surface area is 299 Å². The fraction of sp³-hybridized carbons (Fsp3) is 0.953. The standard InChI is InChI=1S/C43H82O3S/c1-5-8-11-16-24-30-41-39(28-21-9-6-2)33-34-40(29-23-18-13-12-17-22-27-38(4)44)42(41)31-25-19-14-15-20-26-32-43(45)46-35-37-47-36-10-7-3/h39-42H,5-37H2,1-4H3. The molecule has 0 amide bonds. The van der Waals surface area contributed by atoms with Gasteiger partial charge in [-0.25, -0.2) is 0 Å². The third-order valence-corrected chi connectivity index (χ3v) is 12.2. The van der Waals surface area contributed by atoms with Crippen molar-refractivity contribution in [3.8, 4) is 0 Å². The van der Waals surface area contributed by atoms with E-state index in [-0.39, 0.29) is 5.97 Å². The van der Waals surface area contributed by atoms with Crippen molar-refractivity contribution in [3.05, 3.63) is 0 Å². The first-order valence-electron chi connectivity index (χ1n) is 21.3. The molecule has 0 aromatic carbocycles. The normalized spacial score (nSPS) is 19.7. The van der Waals surface area contributed by atoms with Crippen LogP contribution in [0.25, 0.3) is 0 Å². The molecule has 3 nitrogen and oxygen atoms in total. The number of carbonyl (C=O) groups excluding carboxylic acids is 2. The maximum absolute atomic E-state index is 12.1. The number of unbranched alkanes of at least 4 members (excludes halogenated alkanes) is 17. The van der Waals surface area contributed by atoms with E-state index in [4.69, 9.17) is 4.74 Å². The van der Waals surface area contributed by atoms with Crippen LogP contribution in [0.1, 0.15) is 220 Å². The van der Waals surface area contributed by atoms with E-state index in [9.17, 15) is 9.59 Å². The highest BCUT2D eigenvalue weighted by Gasteiger charge is 2.37. The number of ether oxygens (including phenoxy) is 1. The predicted octanol–water partition coefficient (Wildman–Crippen LogP) is 14.1. The number of rotatable bonds is 34. The molecule has 0 aromatic rings. The summed E-state index contributed by atoms with van der Waals surface area (Å²) >= 11 is 1.90. The van der Waals surface area contributed by atoms with Crippen LogP contribution in [0.15, 0.2) is 0 Å². The molecule has 0 aromatic heterocycles. The number of carbonyl (C=O) groups is 2. The van der Waals surface area contributed by atoms with Crippen molar-refractivity contribution < 1.29 is 14.3 Å². The summed E-state index contributed by atoms with van der Waals surface area (Å²) in [5.41, 5.74) is 0. The van der Waals surface area contributed by atoms with Crippen molar-refractivity contribution in [2.45, 2.75) is 220 Å². The Bertz CT molecular complexity index is 709. The van der Waals surface area contributed by atoms with Crippen LogP contribution < -0.4 is 0 Å². The van der Waals surface area contributed by atoms with Gasteiger partial charge in [0, 0.05) is 18.6 Å². The van der Waals surface area contributed by atoms with Gasteiger partial charge in [0.05, 0.1) is 0 Å². The fourth-order valence-corrected chi connectivity index (χ4v) is 9.19. The second kappa shape index (κ2) is 32.7. The molecule has 0 N–H and O–H groups in total. The van der Waals surface area contributed by atoms with Crippen LogP contribution >= 0.6 is 11.8 Å². The second-order valence-corrected chi connectivity index (χ2v) is 16.6. The van der Waals surface area contributed by atoms with Crippen LogP contribution in [-0.2, 0) is 14.3 Å². The van der Waals surface area contributed by atoms with E-state index in [0.29, 0.717) is 18.8 Å². The van der Waals surface area contributed by atoms with Crippen molar-refractivity contribution in [2.75, 3.05) is 18.1 Å². The number of thioether (sulfide) groups is 1. The largest absolute Gasteiger partial charge is 0.465 e. The van der Waals surface area contributed by atoms with Crippen LogP contribution in [0.2, 0.25) is 0 Å². The molecule has 4 atom stereocenters. The van der Waals surface area contributed by atoms with Crippen molar-refractivity contribution >= 4 is 23.5 Å². The summed E-state index contributed by atoms with van der Waals surface area (Å²) in [4.78, 5) is 23.3. The third-order valence-electron chi connectivity index (χ3n) is 11.1. The Hall–Kier alpha value is -0.510. The lowest BCUT2D eigenvalue weighted by atomic mass is 9.61. The second-order valence-electron chi connectivity index (χ2n) is 15.3. The minimum absolute atomic E-state index is 0.00615. The van der Waals surface area contributed by atoms with E-state index in [2.05, 4.69) is 20.8 Å². The van der Waals surface area contributed by atoms with Gasteiger partial charge in [0.2, 0.25) is 0 Å². The number of hydrogen-bond acceptors (Lipinski definition) is 4. The van der Waals surface area contributed by atoms with E-state index in [0.717, 1.165) is 48.7 Å². The molecule has 0 aliphatic heterocycles. The van der Waals surface area contributed by atoms with Gasteiger partial charge in [-0.3, -0.25) is 4.79 Å². The van der Waals surface area contributed by atoms with E-state index in [1.807, 2.05) is 11.8 Å². The lowest BCUT2D eigenvalue weighted by Crippen LogP contribution is -2.35. The van der Waals surface area contributed by atoms with Gasteiger partial charge in [-0.1, -0.05) is 156 Å². The summed E-state index contributed by atoms with van der Waals surface area (Å²) in [5.74, 6) is 6.32. The Balaban J connectivity index is 2.53. The average Bonchev–Trinajstić information content (AvgIpc) is 3.06. The van der Waals surface area contributed by atoms with E-state index in [1.54, 1.807) is 6.92 Å². The molecule has 1 rings (SSSR count). The van der Waals surface area contributed by atoms with Gasteiger partial charge in [-0.15, -0.1) is 0 Å². The highest BCUT2D eigenvalue weighted by Crippen LogP contribution is 2.47. The highest BCUT2D eigenvalue weighted by molar-refractivity contribution is 7.99. The molecule has 0 heterocycles. The van der Waals surface area contributed by atoms with Crippen LogP contribution in [0.5, 0.6) is 0 Å². The van der Waals surface area contributed by atoms with E-state index < -0.39 is 0 Å². The summed E-state index contributed by atoms with van der Waals surface area (Å²) in [6, 6.07) is 0. The van der Waals surface area contributed by atoms with Gasteiger partial charge in [0.25, 0.3) is 0 Å². The molecule has 4 heteroatoms. The maximum Gasteiger partial charge on any atom is 0.305 e. The van der Waals surface area contributed by atoms with Crippen molar-refractivity contribution in [1.82, 2.24) is 0 Å². The van der Waals surface area contributed by atoms with Crippen LogP contribution in [0.4, 0.5) is 0 Å². The van der Waals surface area contributed by atoms with Crippen molar-refractivity contribution in [2.24, 2.45) is 23.7 Å². The molecular weight excluding hydrogens is 597 g/mol. The molecule has 47 heavy (non-hydrogen) atoms. The zero-order valence-corrected chi connectivity index (χ0v) is 33.1. The Morgan fingerprint density at radius 3 is 1.47 bits per heavy atom. The molecule has 278 valence electrons. The minimum atomic E-state index is 0.00615. The van der Waals surface area contributed by atoms with Gasteiger partial charge in [-0.2, -0.15) is 11.8 Å². The molecule has 4 unspecified atom stereocenters. The minimum Gasteiger partial charge on any atom is -0.465 e. The molecule has 1 fully saturated rings. The monoisotopic (exact) mass is 679 g/mol. The van der Waals surface area contributed by atoms with Gasteiger partial charge in [-0.05, 0) is 81.3 Å². The summed E-state index contributed by atoms with van der Waals surface area (Å²) in [7, 11) is 0. The number of Topliss-reactive ketones (excluding diaryl/α,β-unsaturated/α-hetero) is 1. The van der Waals surface area contributed by atoms with Crippen LogP contribution in [-0.4, -0.2) is 29.9 Å². The van der Waals surface area contributed by atoms with Gasteiger partial charge in [0.1, 0.15) is 12.4 Å². The van der Waals surface area contributed by atoms with Crippen LogP contribution in [0, 0.1) is 23.7 Å². The molecule has 0 saturated heterocycles. The Morgan fingerprint density at radius 1 is 0.511 bits per heavy atom. The number of esters is 1. The molecule has 1 saturated carbocycles. The lowest BCUT2D eigenvalue weighted by Gasteiger charge is -2.44. The number of hydrogen-bond donors (Lipinski definition) is 0. The quantitative estimate of drug-likeness (QED) is 0.0502. The zero-order valence-electron chi connectivity index (χ0n) is 32.3. The fourth-order valence-electron chi connectivity index (χ4n) is 8.29. The average molecular weight is 679 g/mol.